The van der Waals surface area contributed by atoms with Gasteiger partial charge in [-0.1, -0.05) is 18.2 Å². The molecule has 0 saturated carbocycles. The van der Waals surface area contributed by atoms with E-state index in [0.29, 0.717) is 6.42 Å². The van der Waals surface area contributed by atoms with E-state index in [1.165, 1.54) is 5.56 Å². The summed E-state index contributed by atoms with van der Waals surface area (Å²) in [5, 5.41) is 21.7. The van der Waals surface area contributed by atoms with Gasteiger partial charge in [-0.25, -0.2) is 0 Å². The molecule has 0 spiro atoms. The highest BCUT2D eigenvalue weighted by Crippen LogP contribution is 2.39. The lowest BCUT2D eigenvalue weighted by molar-refractivity contribution is -0.295. The van der Waals surface area contributed by atoms with Crippen LogP contribution in [0, 0.1) is 0 Å². The molecule has 5 nitrogen and oxygen atoms in total. The second-order valence-electron chi connectivity index (χ2n) is 7.51. The Hall–Kier alpha value is -1.05. The first-order chi connectivity index (χ1) is 13.0. The summed E-state index contributed by atoms with van der Waals surface area (Å²) in [6.45, 7) is 4.49. The van der Waals surface area contributed by atoms with Crippen LogP contribution in [-0.4, -0.2) is 57.9 Å². The number of nitrogens with zero attached hydrogens (tertiary/aromatic N) is 1. The normalized spacial score (nSPS) is 31.7. The van der Waals surface area contributed by atoms with Crippen LogP contribution in [0.25, 0.3) is 0 Å². The summed E-state index contributed by atoms with van der Waals surface area (Å²) in [5.74, 6) is 1.19. The van der Waals surface area contributed by atoms with Crippen molar-refractivity contribution in [2.75, 3.05) is 18.7 Å². The lowest BCUT2D eigenvalue weighted by Gasteiger charge is -2.45. The Morgan fingerprint density at radius 3 is 2.89 bits per heavy atom. The summed E-state index contributed by atoms with van der Waals surface area (Å²) in [6, 6.07) is 7.90. The van der Waals surface area contributed by atoms with E-state index in [1.54, 1.807) is 18.9 Å². The molecule has 27 heavy (non-hydrogen) atoms. The number of hydrogen-bond donors (Lipinski definition) is 2. The summed E-state index contributed by atoms with van der Waals surface area (Å²) in [7, 11) is 1.66. The highest BCUT2D eigenvalue weighted by molar-refractivity contribution is 7.99. The fourth-order valence-corrected chi connectivity index (χ4v) is 5.31. The minimum absolute atomic E-state index is 0.105. The van der Waals surface area contributed by atoms with Crippen LogP contribution < -0.4 is 4.74 Å². The van der Waals surface area contributed by atoms with E-state index in [4.69, 9.17) is 9.47 Å². The van der Waals surface area contributed by atoms with Crippen molar-refractivity contribution in [1.82, 2.24) is 4.90 Å². The summed E-state index contributed by atoms with van der Waals surface area (Å²) >= 11 is 1.80. The third kappa shape index (κ3) is 5.27. The van der Waals surface area contributed by atoms with Crippen LogP contribution in [0.2, 0.25) is 0 Å². The van der Waals surface area contributed by atoms with E-state index in [1.807, 2.05) is 18.2 Å². The lowest BCUT2D eigenvalue weighted by Crippen LogP contribution is -2.58. The van der Waals surface area contributed by atoms with Gasteiger partial charge in [-0.2, -0.15) is 0 Å². The van der Waals surface area contributed by atoms with Gasteiger partial charge in [0.1, 0.15) is 5.75 Å². The molecule has 1 aromatic carbocycles. The van der Waals surface area contributed by atoms with Crippen LogP contribution >= 0.6 is 11.8 Å². The molecule has 2 heterocycles. The van der Waals surface area contributed by atoms with Gasteiger partial charge in [0.15, 0.2) is 5.79 Å². The summed E-state index contributed by atoms with van der Waals surface area (Å²) < 4.78 is 11.4. The average molecular weight is 394 g/mol. The Kier molecular flexibility index (Phi) is 7.22. The summed E-state index contributed by atoms with van der Waals surface area (Å²) in [6.07, 6.45) is 4.87. The Morgan fingerprint density at radius 2 is 2.19 bits per heavy atom. The van der Waals surface area contributed by atoms with Crippen LogP contribution in [0.5, 0.6) is 5.75 Å². The highest BCUT2D eigenvalue weighted by Gasteiger charge is 2.49. The van der Waals surface area contributed by atoms with Gasteiger partial charge in [-0.15, -0.1) is 18.3 Å². The zero-order chi connectivity index (χ0) is 19.3. The average Bonchev–Trinajstić information content (AvgIpc) is 3.11. The molecule has 2 aliphatic heterocycles. The van der Waals surface area contributed by atoms with Gasteiger partial charge >= 0.3 is 0 Å². The molecule has 0 bridgehead atoms. The highest BCUT2D eigenvalue weighted by atomic mass is 32.2. The molecular weight excluding hydrogens is 362 g/mol. The van der Waals surface area contributed by atoms with Gasteiger partial charge in [0, 0.05) is 24.6 Å². The number of hydrogen-bond acceptors (Lipinski definition) is 6. The fourth-order valence-electron chi connectivity index (χ4n) is 4.00. The van der Waals surface area contributed by atoms with E-state index in [9.17, 15) is 10.2 Å². The second kappa shape index (κ2) is 9.43. The number of allylic oxidation sites excluding steroid dienone is 1. The Balaban J connectivity index is 1.66. The molecule has 2 aliphatic rings. The maximum Gasteiger partial charge on any atom is 0.184 e. The van der Waals surface area contributed by atoms with Crippen LogP contribution in [0.3, 0.4) is 0 Å². The lowest BCUT2D eigenvalue weighted by atomic mass is 9.91. The number of methoxy groups -OCH3 is 1. The number of ether oxygens (including phenoxy) is 2. The molecule has 1 aromatic rings. The smallest absolute Gasteiger partial charge is 0.184 e. The van der Waals surface area contributed by atoms with Gasteiger partial charge in [-0.3, -0.25) is 4.90 Å². The molecule has 0 unspecified atom stereocenters. The molecule has 0 amide bonds. The molecule has 2 N–H and O–H groups in total. The number of thioether (sulfide) groups is 1. The zero-order valence-electron chi connectivity index (χ0n) is 16.0. The predicted molar refractivity (Wildman–Crippen MR) is 109 cm³/mol. The Labute approximate surface area is 166 Å². The molecular formula is C21H31NO4S. The fraction of sp³-hybridized carbons (Fsp3) is 0.619. The van der Waals surface area contributed by atoms with Gasteiger partial charge in [0.2, 0.25) is 0 Å². The number of aliphatic hydroxyl groups is 2. The molecule has 2 fully saturated rings. The molecule has 0 radical (unpaired) electrons. The molecule has 2 saturated heterocycles. The number of rotatable bonds is 8. The monoisotopic (exact) mass is 393 g/mol. The first-order valence-electron chi connectivity index (χ1n) is 9.68. The van der Waals surface area contributed by atoms with E-state index < -0.39 is 11.9 Å². The van der Waals surface area contributed by atoms with Gasteiger partial charge in [0.25, 0.3) is 0 Å². The van der Waals surface area contributed by atoms with Crippen molar-refractivity contribution in [3.63, 3.8) is 0 Å². The van der Waals surface area contributed by atoms with Crippen LogP contribution in [0.15, 0.2) is 36.9 Å². The van der Waals surface area contributed by atoms with Crippen molar-refractivity contribution in [2.24, 2.45) is 0 Å². The third-order valence-electron chi connectivity index (χ3n) is 5.41. The number of aliphatic hydroxyl groups excluding tert-OH is 1. The Morgan fingerprint density at radius 1 is 1.41 bits per heavy atom. The first-order valence-corrected chi connectivity index (χ1v) is 10.8. The van der Waals surface area contributed by atoms with Crippen molar-refractivity contribution in [1.29, 1.82) is 0 Å². The third-order valence-corrected chi connectivity index (χ3v) is 6.47. The minimum atomic E-state index is -1.30. The van der Waals surface area contributed by atoms with E-state index >= 15 is 0 Å². The second-order valence-corrected chi connectivity index (χ2v) is 8.51. The number of benzene rings is 1. The minimum Gasteiger partial charge on any atom is -0.497 e. The van der Waals surface area contributed by atoms with Crippen molar-refractivity contribution >= 4 is 11.8 Å². The van der Waals surface area contributed by atoms with Crippen LogP contribution in [-0.2, 0) is 11.3 Å². The first kappa shape index (κ1) is 20.7. The van der Waals surface area contributed by atoms with Crippen LogP contribution in [0.1, 0.15) is 37.7 Å². The largest absolute Gasteiger partial charge is 0.497 e. The quantitative estimate of drug-likeness (QED) is 0.523. The van der Waals surface area contributed by atoms with Crippen molar-refractivity contribution < 1.29 is 19.7 Å². The maximum atomic E-state index is 11.3. The Bertz CT molecular complexity index is 611. The maximum absolute atomic E-state index is 11.3. The van der Waals surface area contributed by atoms with Gasteiger partial charge in [-0.05, 0) is 43.4 Å². The summed E-state index contributed by atoms with van der Waals surface area (Å²) in [4.78, 5) is 2.26. The van der Waals surface area contributed by atoms with E-state index in [0.717, 1.165) is 43.2 Å². The van der Waals surface area contributed by atoms with Gasteiger partial charge in [0.05, 0.1) is 25.4 Å². The van der Waals surface area contributed by atoms with Crippen molar-refractivity contribution in [2.45, 2.75) is 62.7 Å². The molecule has 3 rings (SSSR count). The SMILES string of the molecule is C=CCCC[C@@H]1C[C@@H](O)C[C@](O)([C@@H]2CSCN2Cc2ccc(OC)cc2)O1. The molecule has 6 heteroatoms. The van der Waals surface area contributed by atoms with Crippen LogP contribution in [0.4, 0.5) is 0 Å². The molecule has 4 atom stereocenters. The predicted octanol–water partition coefficient (Wildman–Crippen LogP) is 3.15. The van der Waals surface area contributed by atoms with Gasteiger partial charge < -0.3 is 19.7 Å². The van der Waals surface area contributed by atoms with Crippen molar-refractivity contribution in [3.05, 3.63) is 42.5 Å². The molecule has 0 aliphatic carbocycles. The zero-order valence-corrected chi connectivity index (χ0v) is 16.9. The summed E-state index contributed by atoms with van der Waals surface area (Å²) in [5.41, 5.74) is 1.17. The molecule has 150 valence electrons. The molecule has 0 aromatic heterocycles. The topological polar surface area (TPSA) is 62.2 Å². The van der Waals surface area contributed by atoms with E-state index in [2.05, 4.69) is 23.6 Å². The van der Waals surface area contributed by atoms with E-state index in [-0.39, 0.29) is 18.6 Å². The number of unbranched alkanes of at least 4 members (excludes halogenated alkanes) is 1. The standard InChI is InChI=1S/C21H31NO4S/c1-3-4-5-6-19-11-17(23)12-21(24,26-19)20-14-27-15-22(20)13-16-7-9-18(25-2)10-8-16/h3,7-10,17,19-20,23-24H,1,4-6,11-15H2,2H3/t17-,19-,20+,21-/m1/s1. The van der Waals surface area contributed by atoms with Crippen molar-refractivity contribution in [3.8, 4) is 5.75 Å².